The van der Waals surface area contributed by atoms with E-state index < -0.39 is 9.73 Å². The molecular formula is C15H23N5OS. The fourth-order valence-corrected chi connectivity index (χ4v) is 4.69. The summed E-state index contributed by atoms with van der Waals surface area (Å²) in [6, 6.07) is 2.46. The third kappa shape index (κ3) is 3.24. The van der Waals surface area contributed by atoms with Gasteiger partial charge in [-0.1, -0.05) is 0 Å². The summed E-state index contributed by atoms with van der Waals surface area (Å²) < 4.78 is 19.3. The number of fused-ring (bicyclic) bond motifs is 1. The molecule has 22 heavy (non-hydrogen) atoms. The van der Waals surface area contributed by atoms with Gasteiger partial charge >= 0.3 is 0 Å². The van der Waals surface area contributed by atoms with Crippen LogP contribution in [0.5, 0.6) is 0 Å². The predicted molar refractivity (Wildman–Crippen MR) is 89.7 cm³/mol. The summed E-state index contributed by atoms with van der Waals surface area (Å²) in [5.41, 5.74) is 0.866. The molecule has 0 radical (unpaired) electrons. The van der Waals surface area contributed by atoms with Crippen LogP contribution in [0.15, 0.2) is 18.6 Å². The molecule has 7 heteroatoms. The van der Waals surface area contributed by atoms with Gasteiger partial charge in [0.05, 0.1) is 5.39 Å². The molecule has 0 aliphatic heterocycles. The molecule has 3 rings (SSSR count). The number of rotatable bonds is 4. The highest BCUT2D eigenvalue weighted by molar-refractivity contribution is 7.91. The van der Waals surface area contributed by atoms with Gasteiger partial charge in [0, 0.05) is 41.0 Å². The van der Waals surface area contributed by atoms with Gasteiger partial charge in [-0.05, 0) is 37.7 Å². The lowest BCUT2D eigenvalue weighted by molar-refractivity contribution is 0.342. The maximum absolute atomic E-state index is 11.6. The van der Waals surface area contributed by atoms with E-state index >= 15 is 0 Å². The van der Waals surface area contributed by atoms with E-state index in [9.17, 15) is 4.21 Å². The average molecular weight is 321 g/mol. The number of aromatic amines is 1. The van der Waals surface area contributed by atoms with Crippen molar-refractivity contribution in [1.82, 2.24) is 15.0 Å². The molecule has 2 N–H and O–H groups in total. The molecule has 6 nitrogen and oxygen atoms in total. The number of aromatic nitrogens is 3. The first kappa shape index (κ1) is 15.3. The van der Waals surface area contributed by atoms with Gasteiger partial charge in [0.15, 0.2) is 0 Å². The molecule has 0 amide bonds. The third-order valence-electron chi connectivity index (χ3n) is 4.58. The minimum Gasteiger partial charge on any atom is -0.356 e. The Labute approximate surface area is 131 Å². The van der Waals surface area contributed by atoms with E-state index in [1.54, 1.807) is 12.6 Å². The van der Waals surface area contributed by atoms with Gasteiger partial charge in [0.1, 0.15) is 17.8 Å². The maximum Gasteiger partial charge on any atom is 0.142 e. The molecule has 1 saturated carbocycles. The fraction of sp³-hybridized carbons (Fsp3) is 0.600. The Morgan fingerprint density at radius 2 is 2.09 bits per heavy atom. The smallest absolute Gasteiger partial charge is 0.142 e. The van der Waals surface area contributed by atoms with Crippen LogP contribution in [0.4, 0.5) is 5.82 Å². The topological polar surface area (TPSA) is 85.7 Å². The van der Waals surface area contributed by atoms with Gasteiger partial charge in [-0.25, -0.2) is 9.97 Å². The number of anilines is 1. The van der Waals surface area contributed by atoms with E-state index in [0.29, 0.717) is 17.7 Å². The fourth-order valence-electron chi connectivity index (χ4n) is 3.46. The highest BCUT2D eigenvalue weighted by atomic mass is 32.2. The van der Waals surface area contributed by atoms with Crippen LogP contribution in [-0.2, 0) is 9.73 Å². The van der Waals surface area contributed by atoms with Crippen molar-refractivity contribution in [2.24, 2.45) is 5.92 Å². The zero-order valence-electron chi connectivity index (χ0n) is 13.1. The van der Waals surface area contributed by atoms with Crippen molar-refractivity contribution in [2.45, 2.75) is 31.7 Å². The van der Waals surface area contributed by atoms with Crippen molar-refractivity contribution in [3.05, 3.63) is 18.6 Å². The minimum absolute atomic E-state index is 0.428. The molecule has 1 atom stereocenters. The second-order valence-corrected chi connectivity index (χ2v) is 8.74. The highest BCUT2D eigenvalue weighted by Crippen LogP contribution is 2.31. The van der Waals surface area contributed by atoms with Crippen LogP contribution < -0.4 is 4.90 Å². The molecule has 2 heterocycles. The van der Waals surface area contributed by atoms with Crippen molar-refractivity contribution in [3.8, 4) is 0 Å². The first-order valence-electron chi connectivity index (χ1n) is 7.66. The largest absolute Gasteiger partial charge is 0.356 e. The Bertz CT molecular complexity index is 746. The van der Waals surface area contributed by atoms with Crippen molar-refractivity contribution in [2.75, 3.05) is 24.0 Å². The summed E-state index contributed by atoms with van der Waals surface area (Å²) >= 11 is 0. The molecule has 1 fully saturated rings. The molecule has 1 unspecified atom stereocenters. The Hall–Kier alpha value is -1.63. The van der Waals surface area contributed by atoms with E-state index in [0.717, 1.165) is 42.5 Å². The van der Waals surface area contributed by atoms with Gasteiger partial charge in [-0.3, -0.25) is 8.99 Å². The molecule has 0 spiro atoms. The van der Waals surface area contributed by atoms with Crippen molar-refractivity contribution >= 4 is 26.6 Å². The summed E-state index contributed by atoms with van der Waals surface area (Å²) in [6.07, 6.45) is 9.25. The Morgan fingerprint density at radius 3 is 2.77 bits per heavy atom. The van der Waals surface area contributed by atoms with Crippen molar-refractivity contribution in [3.63, 3.8) is 0 Å². The third-order valence-corrected chi connectivity index (χ3v) is 5.69. The Balaban J connectivity index is 1.70. The lowest BCUT2D eigenvalue weighted by Crippen LogP contribution is -2.36. The summed E-state index contributed by atoms with van der Waals surface area (Å²) in [6.45, 7) is 0. The number of H-pyrrole nitrogens is 1. The second-order valence-electron chi connectivity index (χ2n) is 6.39. The molecule has 1 aliphatic rings. The summed E-state index contributed by atoms with van der Waals surface area (Å²) in [5, 5.41) is 1.05. The maximum atomic E-state index is 11.6. The van der Waals surface area contributed by atoms with Crippen LogP contribution in [0.2, 0.25) is 0 Å². The number of hydrogen-bond donors (Lipinski definition) is 2. The second kappa shape index (κ2) is 5.87. The normalized spacial score (nSPS) is 25.0. The van der Waals surface area contributed by atoms with E-state index in [-0.39, 0.29) is 0 Å². The molecule has 2 aromatic heterocycles. The first-order chi connectivity index (χ1) is 10.4. The zero-order valence-corrected chi connectivity index (χ0v) is 13.9. The molecule has 0 bridgehead atoms. The molecule has 0 aromatic carbocycles. The van der Waals surface area contributed by atoms with Crippen LogP contribution >= 0.6 is 0 Å². The molecule has 1 aliphatic carbocycles. The van der Waals surface area contributed by atoms with E-state index in [1.165, 1.54) is 0 Å². The van der Waals surface area contributed by atoms with E-state index in [1.807, 2.05) is 12.3 Å². The lowest BCUT2D eigenvalue weighted by Gasteiger charge is -2.35. The number of hydrogen-bond acceptors (Lipinski definition) is 5. The van der Waals surface area contributed by atoms with Crippen molar-refractivity contribution < 1.29 is 4.21 Å². The zero-order chi connectivity index (χ0) is 15.7. The van der Waals surface area contributed by atoms with Crippen LogP contribution in [-0.4, -0.2) is 44.3 Å². The van der Waals surface area contributed by atoms with E-state index in [2.05, 4.69) is 26.9 Å². The molecular weight excluding hydrogens is 298 g/mol. The van der Waals surface area contributed by atoms with Gasteiger partial charge in [0.2, 0.25) is 0 Å². The monoisotopic (exact) mass is 321 g/mol. The van der Waals surface area contributed by atoms with Gasteiger partial charge in [-0.15, -0.1) is 0 Å². The summed E-state index contributed by atoms with van der Waals surface area (Å²) in [5.74, 6) is 1.94. The summed E-state index contributed by atoms with van der Waals surface area (Å²) in [7, 11) is -0.283. The summed E-state index contributed by atoms with van der Waals surface area (Å²) in [4.78, 5) is 14.1. The Kier molecular flexibility index (Phi) is 4.08. The highest BCUT2D eigenvalue weighted by Gasteiger charge is 2.26. The SMILES string of the molecule is CN(c1ncnc2[nH]ccc12)[C@H]1CC[C@@H](CS(C)(=N)=O)CC1. The van der Waals surface area contributed by atoms with Crippen molar-refractivity contribution in [1.29, 1.82) is 4.78 Å². The van der Waals surface area contributed by atoms with Gasteiger partial charge in [0.25, 0.3) is 0 Å². The standard InChI is InChI=1S/C15H23N5OS/c1-20(15-13-7-8-17-14(13)18-10-19-15)12-5-3-11(4-6-12)9-22(2,16)21/h7-8,10-12,16H,3-6,9H2,1-2H3,(H,17,18,19)/t11-,12+,22?. The molecule has 120 valence electrons. The van der Waals surface area contributed by atoms with Crippen LogP contribution in [0.3, 0.4) is 0 Å². The average Bonchev–Trinajstić information content (AvgIpc) is 2.94. The van der Waals surface area contributed by atoms with E-state index in [4.69, 9.17) is 4.78 Å². The van der Waals surface area contributed by atoms with Gasteiger partial charge < -0.3 is 9.88 Å². The predicted octanol–water partition coefficient (Wildman–Crippen LogP) is 2.63. The molecule has 0 saturated heterocycles. The minimum atomic E-state index is -2.37. The number of nitrogens with one attached hydrogen (secondary N) is 2. The quantitative estimate of drug-likeness (QED) is 0.906. The first-order valence-corrected chi connectivity index (χ1v) is 9.80. The Morgan fingerprint density at radius 1 is 1.36 bits per heavy atom. The van der Waals surface area contributed by atoms with Crippen LogP contribution in [0.25, 0.3) is 11.0 Å². The molecule has 2 aromatic rings. The van der Waals surface area contributed by atoms with Crippen LogP contribution in [0, 0.1) is 10.7 Å². The lowest BCUT2D eigenvalue weighted by atomic mass is 9.86. The number of nitrogens with zero attached hydrogens (tertiary/aromatic N) is 3. The van der Waals surface area contributed by atoms with Gasteiger partial charge in [-0.2, -0.15) is 0 Å². The van der Waals surface area contributed by atoms with Crippen LogP contribution in [0.1, 0.15) is 25.7 Å².